The van der Waals surface area contributed by atoms with Gasteiger partial charge in [-0.1, -0.05) is 30.3 Å². The topological polar surface area (TPSA) is 69.7 Å². The molecule has 0 unspecified atom stereocenters. The van der Waals surface area contributed by atoms with Crippen molar-refractivity contribution in [2.45, 2.75) is 32.5 Å². The molecule has 4 rings (SSSR count). The van der Waals surface area contributed by atoms with E-state index in [-0.39, 0.29) is 6.03 Å². The van der Waals surface area contributed by atoms with Gasteiger partial charge in [-0.15, -0.1) is 0 Å². The van der Waals surface area contributed by atoms with E-state index in [2.05, 4.69) is 43.6 Å². The second-order valence-corrected chi connectivity index (χ2v) is 7.91. The quantitative estimate of drug-likeness (QED) is 0.735. The Balaban J connectivity index is 1.24. The minimum absolute atomic E-state index is 0.167. The number of pyridine rings is 1. The van der Waals surface area contributed by atoms with Crippen molar-refractivity contribution < 1.29 is 9.53 Å². The van der Waals surface area contributed by atoms with Gasteiger partial charge >= 0.3 is 6.03 Å². The van der Waals surface area contributed by atoms with E-state index in [4.69, 9.17) is 4.74 Å². The molecule has 3 heterocycles. The summed E-state index contributed by atoms with van der Waals surface area (Å²) >= 11 is 0. The zero-order chi connectivity index (χ0) is 20.6. The van der Waals surface area contributed by atoms with Crippen LogP contribution < -0.4 is 15.5 Å². The monoisotopic (exact) mass is 409 g/mol. The molecule has 0 saturated carbocycles. The van der Waals surface area contributed by atoms with Gasteiger partial charge in [0.05, 0.1) is 13.2 Å². The molecule has 1 aromatic carbocycles. The number of nitrogens with one attached hydrogen (secondary N) is 2. The highest BCUT2D eigenvalue weighted by Crippen LogP contribution is 2.17. The van der Waals surface area contributed by atoms with Crippen LogP contribution in [0, 0.1) is 0 Å². The number of nitrogens with zero attached hydrogens (tertiary/aromatic N) is 3. The fourth-order valence-electron chi connectivity index (χ4n) is 3.96. The summed E-state index contributed by atoms with van der Waals surface area (Å²) in [5, 5.41) is 5.91. The summed E-state index contributed by atoms with van der Waals surface area (Å²) in [4.78, 5) is 21.5. The van der Waals surface area contributed by atoms with Crippen molar-refractivity contribution in [1.29, 1.82) is 0 Å². The molecule has 2 saturated heterocycles. The molecule has 0 aliphatic carbocycles. The fraction of sp³-hybridized carbons (Fsp3) is 0.478. The van der Waals surface area contributed by atoms with Crippen molar-refractivity contribution >= 4 is 11.8 Å². The first-order chi connectivity index (χ1) is 14.8. The summed E-state index contributed by atoms with van der Waals surface area (Å²) < 4.78 is 5.43. The molecule has 160 valence electrons. The molecule has 0 atom stereocenters. The molecule has 2 aromatic rings. The van der Waals surface area contributed by atoms with Crippen LogP contribution in [0.3, 0.4) is 0 Å². The van der Waals surface area contributed by atoms with Crippen molar-refractivity contribution in [2.75, 3.05) is 44.3 Å². The van der Waals surface area contributed by atoms with Crippen molar-refractivity contribution in [3.63, 3.8) is 0 Å². The molecule has 0 spiro atoms. The molecule has 7 nitrogen and oxygen atoms in total. The maximum atomic E-state index is 12.3. The van der Waals surface area contributed by atoms with Crippen LogP contribution in [-0.4, -0.2) is 55.3 Å². The molecule has 2 amide bonds. The fourth-order valence-corrected chi connectivity index (χ4v) is 3.96. The number of morpholine rings is 1. The predicted molar refractivity (Wildman–Crippen MR) is 117 cm³/mol. The van der Waals surface area contributed by atoms with E-state index in [0.717, 1.165) is 62.9 Å². The normalized spacial score (nSPS) is 17.1. The third-order valence-corrected chi connectivity index (χ3v) is 5.75. The highest BCUT2D eigenvalue weighted by molar-refractivity contribution is 5.73. The lowest BCUT2D eigenvalue weighted by Gasteiger charge is -2.27. The zero-order valence-corrected chi connectivity index (χ0v) is 17.5. The number of urea groups is 1. The summed E-state index contributed by atoms with van der Waals surface area (Å²) in [6, 6.07) is 12.2. The summed E-state index contributed by atoms with van der Waals surface area (Å²) in [5.41, 5.74) is 3.40. The van der Waals surface area contributed by atoms with Crippen LogP contribution in [-0.2, 0) is 24.4 Å². The van der Waals surface area contributed by atoms with Gasteiger partial charge in [-0.25, -0.2) is 9.78 Å². The molecule has 0 radical (unpaired) electrons. The summed E-state index contributed by atoms with van der Waals surface area (Å²) in [6.45, 7) is 7.51. The number of hydrogen-bond acceptors (Lipinski definition) is 5. The average Bonchev–Trinajstić information content (AvgIpc) is 3.33. The van der Waals surface area contributed by atoms with Gasteiger partial charge in [-0.3, -0.25) is 4.90 Å². The Morgan fingerprint density at radius 1 is 0.933 bits per heavy atom. The van der Waals surface area contributed by atoms with Crippen LogP contribution in [0.25, 0.3) is 0 Å². The third-order valence-electron chi connectivity index (χ3n) is 5.75. The number of ether oxygens (including phenoxy) is 1. The van der Waals surface area contributed by atoms with E-state index < -0.39 is 0 Å². The van der Waals surface area contributed by atoms with E-state index >= 15 is 0 Å². The van der Waals surface area contributed by atoms with Crippen LogP contribution in [0.15, 0.2) is 42.6 Å². The Hall–Kier alpha value is -2.64. The first kappa shape index (κ1) is 20.6. The highest BCUT2D eigenvalue weighted by Gasteiger charge is 2.14. The Labute approximate surface area is 178 Å². The van der Waals surface area contributed by atoms with Crippen LogP contribution in [0.1, 0.15) is 29.5 Å². The number of anilines is 1. The smallest absolute Gasteiger partial charge is 0.315 e. The van der Waals surface area contributed by atoms with Crippen LogP contribution in [0.5, 0.6) is 0 Å². The van der Waals surface area contributed by atoms with Gasteiger partial charge in [-0.05, 0) is 35.6 Å². The van der Waals surface area contributed by atoms with Crippen LogP contribution in [0.2, 0.25) is 0 Å². The van der Waals surface area contributed by atoms with Crippen molar-refractivity contribution in [3.8, 4) is 0 Å². The van der Waals surface area contributed by atoms with Gasteiger partial charge in [0.15, 0.2) is 0 Å². The van der Waals surface area contributed by atoms with Crippen molar-refractivity contribution in [2.24, 2.45) is 0 Å². The Morgan fingerprint density at radius 3 is 2.40 bits per heavy atom. The number of aromatic nitrogens is 1. The van der Waals surface area contributed by atoms with Crippen LogP contribution in [0.4, 0.5) is 10.6 Å². The van der Waals surface area contributed by atoms with E-state index in [9.17, 15) is 4.79 Å². The number of amides is 2. The van der Waals surface area contributed by atoms with E-state index in [1.165, 1.54) is 18.4 Å². The molecular weight excluding hydrogens is 378 g/mol. The zero-order valence-electron chi connectivity index (χ0n) is 17.5. The number of carbonyl (C=O) groups is 1. The Morgan fingerprint density at radius 2 is 1.67 bits per heavy atom. The molecule has 7 heteroatoms. The molecule has 2 N–H and O–H groups in total. The van der Waals surface area contributed by atoms with Crippen LogP contribution >= 0.6 is 0 Å². The summed E-state index contributed by atoms with van der Waals surface area (Å²) in [6.07, 6.45) is 4.33. The molecule has 2 aliphatic heterocycles. The first-order valence-electron chi connectivity index (χ1n) is 10.9. The second-order valence-electron chi connectivity index (χ2n) is 7.91. The van der Waals surface area contributed by atoms with Gasteiger partial charge in [0.25, 0.3) is 0 Å². The van der Waals surface area contributed by atoms with Gasteiger partial charge < -0.3 is 20.3 Å². The maximum Gasteiger partial charge on any atom is 0.315 e. The lowest BCUT2D eigenvalue weighted by molar-refractivity contribution is 0.0341. The molecular formula is C23H31N5O2. The number of rotatable bonds is 7. The van der Waals surface area contributed by atoms with Crippen molar-refractivity contribution in [1.82, 2.24) is 20.5 Å². The third kappa shape index (κ3) is 5.70. The first-order valence-corrected chi connectivity index (χ1v) is 10.9. The Bertz CT molecular complexity index is 815. The molecule has 0 bridgehead atoms. The van der Waals surface area contributed by atoms with E-state index in [1.54, 1.807) is 0 Å². The second kappa shape index (κ2) is 10.4. The molecule has 1 aromatic heterocycles. The number of benzene rings is 1. The SMILES string of the molecule is O=C(NCc1ccc(N2CCCC2)nc1)NCc1ccccc1CN1CCOCC1. The lowest BCUT2D eigenvalue weighted by atomic mass is 10.1. The van der Waals surface area contributed by atoms with Gasteiger partial charge in [-0.2, -0.15) is 0 Å². The summed E-state index contributed by atoms with van der Waals surface area (Å²) in [5.74, 6) is 1.03. The largest absolute Gasteiger partial charge is 0.379 e. The van der Waals surface area contributed by atoms with Gasteiger partial charge in [0, 0.05) is 52.0 Å². The van der Waals surface area contributed by atoms with E-state index in [1.807, 2.05) is 24.4 Å². The standard InChI is InChI=1S/C23H31N5O2/c29-23(25-16-19-7-8-22(24-15-19)28-9-3-4-10-28)26-17-20-5-1-2-6-21(20)18-27-11-13-30-14-12-27/h1-2,5-8,15H,3-4,9-14,16-18H2,(H2,25,26,29). The minimum Gasteiger partial charge on any atom is -0.379 e. The average molecular weight is 410 g/mol. The number of hydrogen-bond donors (Lipinski definition) is 2. The summed E-state index contributed by atoms with van der Waals surface area (Å²) in [7, 11) is 0. The van der Waals surface area contributed by atoms with E-state index in [0.29, 0.717) is 13.1 Å². The van der Waals surface area contributed by atoms with Gasteiger partial charge in [0.2, 0.25) is 0 Å². The maximum absolute atomic E-state index is 12.3. The minimum atomic E-state index is -0.167. The predicted octanol–water partition coefficient (Wildman–Crippen LogP) is 2.51. The highest BCUT2D eigenvalue weighted by atomic mass is 16.5. The van der Waals surface area contributed by atoms with Crippen molar-refractivity contribution in [3.05, 3.63) is 59.3 Å². The van der Waals surface area contributed by atoms with Gasteiger partial charge in [0.1, 0.15) is 5.82 Å². The molecule has 2 aliphatic rings. The Kier molecular flexibility index (Phi) is 7.16. The molecule has 30 heavy (non-hydrogen) atoms. The molecule has 2 fully saturated rings. The lowest BCUT2D eigenvalue weighted by Crippen LogP contribution is -2.37. The number of carbonyl (C=O) groups excluding carboxylic acids is 1.